The number of amides is 1. The Hall–Kier alpha value is -2.46. The number of hydrazone groups is 1. The maximum absolute atomic E-state index is 13.5. The lowest BCUT2D eigenvalue weighted by Crippen LogP contribution is -2.41. The number of rotatable bonds is 4. The lowest BCUT2D eigenvalue weighted by molar-refractivity contribution is -0.134. The smallest absolute Gasteiger partial charge is 0.257 e. The number of hydrogen-bond donors (Lipinski definition) is 0. The van der Waals surface area contributed by atoms with E-state index < -0.39 is 0 Å². The number of piperidine rings is 1. The van der Waals surface area contributed by atoms with Gasteiger partial charge in [0.15, 0.2) is 0 Å². The van der Waals surface area contributed by atoms with Crippen LogP contribution < -0.4 is 0 Å². The molecule has 4 rings (SSSR count). The highest BCUT2D eigenvalue weighted by molar-refractivity contribution is 6.04. The van der Waals surface area contributed by atoms with Crippen molar-refractivity contribution in [1.29, 1.82) is 0 Å². The van der Waals surface area contributed by atoms with Gasteiger partial charge < -0.3 is 0 Å². The molecule has 2 aromatic rings. The molecular formula is C27H35N3O. The monoisotopic (exact) mass is 417 g/mol. The van der Waals surface area contributed by atoms with Crippen molar-refractivity contribution in [3.63, 3.8) is 0 Å². The summed E-state index contributed by atoms with van der Waals surface area (Å²) in [7, 11) is 0. The summed E-state index contributed by atoms with van der Waals surface area (Å²) < 4.78 is 0. The van der Waals surface area contributed by atoms with Crippen molar-refractivity contribution in [2.75, 3.05) is 19.6 Å². The van der Waals surface area contributed by atoms with Crippen LogP contribution in [0.2, 0.25) is 0 Å². The number of carbonyl (C=O) groups is 1. The highest BCUT2D eigenvalue weighted by atomic mass is 16.2. The summed E-state index contributed by atoms with van der Waals surface area (Å²) in [5.41, 5.74) is 8.27. The first-order valence-electron chi connectivity index (χ1n) is 11.6. The Labute approximate surface area is 186 Å². The predicted molar refractivity (Wildman–Crippen MR) is 127 cm³/mol. The molecule has 1 atom stereocenters. The zero-order valence-electron chi connectivity index (χ0n) is 19.6. The molecule has 1 amide bonds. The average Bonchev–Trinajstić information content (AvgIpc) is 3.18. The molecule has 4 heteroatoms. The van der Waals surface area contributed by atoms with Crippen LogP contribution in [-0.2, 0) is 4.79 Å². The van der Waals surface area contributed by atoms with Crippen molar-refractivity contribution in [2.45, 2.75) is 59.9 Å². The van der Waals surface area contributed by atoms with Crippen molar-refractivity contribution < 1.29 is 4.79 Å². The van der Waals surface area contributed by atoms with Gasteiger partial charge in [-0.3, -0.25) is 9.69 Å². The second kappa shape index (κ2) is 8.96. The molecule has 164 valence electrons. The number of hydrogen-bond acceptors (Lipinski definition) is 3. The number of nitrogens with zero attached hydrogens (tertiary/aromatic N) is 3. The van der Waals surface area contributed by atoms with E-state index in [0.29, 0.717) is 6.54 Å². The molecule has 0 saturated carbocycles. The Morgan fingerprint density at radius 1 is 0.968 bits per heavy atom. The maximum atomic E-state index is 13.5. The van der Waals surface area contributed by atoms with Crippen LogP contribution in [0, 0.1) is 33.6 Å². The van der Waals surface area contributed by atoms with Gasteiger partial charge in [-0.2, -0.15) is 5.10 Å². The minimum Gasteiger partial charge on any atom is -0.294 e. The van der Waals surface area contributed by atoms with E-state index in [1.165, 1.54) is 40.7 Å². The Balaban J connectivity index is 1.66. The summed E-state index contributed by atoms with van der Waals surface area (Å²) in [4.78, 5) is 15.8. The zero-order valence-corrected chi connectivity index (χ0v) is 19.6. The van der Waals surface area contributed by atoms with E-state index in [9.17, 15) is 4.79 Å². The second-order valence-electron chi connectivity index (χ2n) is 9.64. The summed E-state index contributed by atoms with van der Waals surface area (Å²) in [6, 6.07) is 13.0. The Bertz CT molecular complexity index is 1000. The first kappa shape index (κ1) is 21.8. The van der Waals surface area contributed by atoms with Crippen LogP contribution in [0.1, 0.15) is 65.6 Å². The summed E-state index contributed by atoms with van der Waals surface area (Å²) >= 11 is 0. The van der Waals surface area contributed by atoms with Gasteiger partial charge in [0, 0.05) is 12.0 Å². The van der Waals surface area contributed by atoms with Gasteiger partial charge in [0.05, 0.1) is 18.3 Å². The van der Waals surface area contributed by atoms with Crippen LogP contribution in [-0.4, -0.2) is 41.2 Å². The van der Waals surface area contributed by atoms with Crippen molar-refractivity contribution >= 4 is 11.6 Å². The largest absolute Gasteiger partial charge is 0.294 e. The van der Waals surface area contributed by atoms with Gasteiger partial charge in [0.2, 0.25) is 0 Å². The van der Waals surface area contributed by atoms with Gasteiger partial charge in [-0.25, -0.2) is 5.01 Å². The molecule has 0 aromatic heterocycles. The molecule has 1 fully saturated rings. The van der Waals surface area contributed by atoms with Crippen LogP contribution >= 0.6 is 0 Å². The van der Waals surface area contributed by atoms with Crippen molar-refractivity contribution in [2.24, 2.45) is 11.0 Å². The van der Waals surface area contributed by atoms with E-state index >= 15 is 0 Å². The molecule has 2 aliphatic heterocycles. The molecule has 2 heterocycles. The molecule has 0 aliphatic carbocycles. The van der Waals surface area contributed by atoms with E-state index in [1.807, 2.05) is 0 Å². The average molecular weight is 418 g/mol. The molecule has 2 aromatic carbocycles. The quantitative estimate of drug-likeness (QED) is 0.674. The number of carbonyl (C=O) groups excluding carboxylic acids is 1. The lowest BCUT2D eigenvalue weighted by atomic mass is 9.92. The molecule has 0 bridgehead atoms. The molecule has 0 N–H and O–H groups in total. The minimum absolute atomic E-state index is 0.0361. The first-order valence-corrected chi connectivity index (χ1v) is 11.6. The molecule has 0 radical (unpaired) electrons. The summed E-state index contributed by atoms with van der Waals surface area (Å²) in [6.07, 6.45) is 3.10. The van der Waals surface area contributed by atoms with Gasteiger partial charge in [0.1, 0.15) is 0 Å². The van der Waals surface area contributed by atoms with E-state index in [2.05, 4.69) is 75.9 Å². The van der Waals surface area contributed by atoms with Crippen LogP contribution in [0.3, 0.4) is 0 Å². The number of benzene rings is 2. The Morgan fingerprint density at radius 3 is 2.32 bits per heavy atom. The second-order valence-corrected chi connectivity index (χ2v) is 9.64. The van der Waals surface area contributed by atoms with Gasteiger partial charge in [-0.15, -0.1) is 0 Å². The fraction of sp³-hybridized carbons (Fsp3) is 0.481. The topological polar surface area (TPSA) is 35.9 Å². The predicted octanol–water partition coefficient (Wildman–Crippen LogP) is 5.33. The van der Waals surface area contributed by atoms with Crippen molar-refractivity contribution in [1.82, 2.24) is 9.91 Å². The lowest BCUT2D eigenvalue weighted by Gasteiger charge is -2.31. The van der Waals surface area contributed by atoms with E-state index in [1.54, 1.807) is 5.01 Å². The fourth-order valence-corrected chi connectivity index (χ4v) is 4.79. The van der Waals surface area contributed by atoms with E-state index in [-0.39, 0.29) is 11.9 Å². The van der Waals surface area contributed by atoms with Crippen molar-refractivity contribution in [3.05, 3.63) is 69.8 Å². The number of likely N-dealkylation sites (tertiary alicyclic amines) is 1. The normalized spacial score (nSPS) is 20.2. The molecule has 4 nitrogen and oxygen atoms in total. The molecule has 0 spiro atoms. The van der Waals surface area contributed by atoms with Gasteiger partial charge >= 0.3 is 0 Å². The zero-order chi connectivity index (χ0) is 22.1. The van der Waals surface area contributed by atoms with Crippen molar-refractivity contribution in [3.8, 4) is 0 Å². The molecule has 1 unspecified atom stereocenters. The van der Waals surface area contributed by atoms with Crippen LogP contribution in [0.25, 0.3) is 0 Å². The number of aryl methyl sites for hydroxylation is 4. The first-order chi connectivity index (χ1) is 14.8. The van der Waals surface area contributed by atoms with Crippen LogP contribution in [0.15, 0.2) is 41.5 Å². The fourth-order valence-electron chi connectivity index (χ4n) is 4.79. The van der Waals surface area contributed by atoms with E-state index in [0.717, 1.165) is 36.7 Å². The third-order valence-corrected chi connectivity index (χ3v) is 6.90. The highest BCUT2D eigenvalue weighted by Gasteiger charge is 2.35. The van der Waals surface area contributed by atoms with Crippen LogP contribution in [0.5, 0.6) is 0 Å². The maximum Gasteiger partial charge on any atom is 0.257 e. The van der Waals surface area contributed by atoms with Crippen LogP contribution in [0.4, 0.5) is 0 Å². The molecule has 1 saturated heterocycles. The molecule has 2 aliphatic rings. The summed E-state index contributed by atoms with van der Waals surface area (Å²) in [5.74, 6) is 0.871. The highest BCUT2D eigenvalue weighted by Crippen LogP contribution is 2.36. The molecular weight excluding hydrogens is 382 g/mol. The molecule has 31 heavy (non-hydrogen) atoms. The third kappa shape index (κ3) is 4.74. The standard InChI is InChI=1S/C27H35N3O/c1-18-10-12-29(13-11-18)17-27(31)30-26(24-15-20(3)7-9-22(24)5)16-25(28-30)23-14-19(2)6-8-21(23)4/h6-9,14-15,18,26H,10-13,16-17H2,1-5H3. The summed E-state index contributed by atoms with van der Waals surface area (Å²) in [6.45, 7) is 13.3. The Kier molecular flexibility index (Phi) is 6.29. The van der Waals surface area contributed by atoms with Gasteiger partial charge in [-0.05, 0) is 82.3 Å². The SMILES string of the molecule is Cc1ccc(C)c(C2=NN(C(=O)CN3CCC(C)CC3)C(c3cc(C)ccc3C)C2)c1. The minimum atomic E-state index is -0.0361. The van der Waals surface area contributed by atoms with Gasteiger partial charge in [-0.1, -0.05) is 48.4 Å². The van der Waals surface area contributed by atoms with Gasteiger partial charge in [0.25, 0.3) is 5.91 Å². The third-order valence-electron chi connectivity index (χ3n) is 6.90. The van der Waals surface area contributed by atoms with E-state index in [4.69, 9.17) is 5.10 Å². The Morgan fingerprint density at radius 2 is 1.61 bits per heavy atom. The summed E-state index contributed by atoms with van der Waals surface area (Å²) in [5, 5.41) is 6.73.